The standard InChI is InChI=1S/C19H30FN5O2/c1-3-22-19(24-15-8-10-25(11-9-15)13-18(21)26)23-12-14(2)27-17-7-5-4-6-16(17)20/h4-7,14-15H,3,8-13H2,1-2H3,(H2,21,26)(H2,22,23,24). The molecule has 1 aliphatic rings. The minimum Gasteiger partial charge on any atom is -0.486 e. The Morgan fingerprint density at radius 3 is 2.74 bits per heavy atom. The summed E-state index contributed by atoms with van der Waals surface area (Å²) in [5.41, 5.74) is 5.25. The third kappa shape index (κ3) is 7.42. The van der Waals surface area contributed by atoms with Gasteiger partial charge in [0.1, 0.15) is 6.10 Å². The van der Waals surface area contributed by atoms with E-state index in [9.17, 15) is 9.18 Å². The Balaban J connectivity index is 1.83. The molecule has 1 aliphatic heterocycles. The molecule has 1 heterocycles. The van der Waals surface area contributed by atoms with Crippen LogP contribution < -0.4 is 21.1 Å². The number of para-hydroxylation sites is 1. The van der Waals surface area contributed by atoms with E-state index in [1.807, 2.05) is 13.8 Å². The van der Waals surface area contributed by atoms with E-state index in [1.165, 1.54) is 6.07 Å². The zero-order valence-corrected chi connectivity index (χ0v) is 16.1. The van der Waals surface area contributed by atoms with Crippen LogP contribution >= 0.6 is 0 Å². The molecule has 1 fully saturated rings. The van der Waals surface area contributed by atoms with Gasteiger partial charge in [0, 0.05) is 25.7 Å². The Labute approximate surface area is 160 Å². The first-order valence-electron chi connectivity index (χ1n) is 9.44. The Kier molecular flexibility index (Phi) is 8.32. The van der Waals surface area contributed by atoms with Crippen LogP contribution in [0.2, 0.25) is 0 Å². The highest BCUT2D eigenvalue weighted by Crippen LogP contribution is 2.17. The number of hydrogen-bond acceptors (Lipinski definition) is 4. The third-order valence-electron chi connectivity index (χ3n) is 4.32. The largest absolute Gasteiger partial charge is 0.486 e. The minimum atomic E-state index is -0.374. The van der Waals surface area contributed by atoms with Crippen molar-refractivity contribution in [1.82, 2.24) is 15.5 Å². The van der Waals surface area contributed by atoms with E-state index in [-0.39, 0.29) is 29.6 Å². The summed E-state index contributed by atoms with van der Waals surface area (Å²) in [5, 5.41) is 6.65. The number of rotatable bonds is 8. The van der Waals surface area contributed by atoms with Crippen molar-refractivity contribution in [2.24, 2.45) is 10.7 Å². The number of hydrogen-bond donors (Lipinski definition) is 3. The number of guanidine groups is 1. The molecule has 1 saturated heterocycles. The molecule has 0 bridgehead atoms. The molecule has 150 valence electrons. The quantitative estimate of drug-likeness (QED) is 0.465. The predicted octanol–water partition coefficient (Wildman–Crippen LogP) is 1.10. The number of likely N-dealkylation sites (tertiary alicyclic amines) is 1. The fraction of sp³-hybridized carbons (Fsp3) is 0.579. The van der Waals surface area contributed by atoms with Gasteiger partial charge in [0.2, 0.25) is 5.91 Å². The first-order valence-corrected chi connectivity index (χ1v) is 9.44. The van der Waals surface area contributed by atoms with Crippen molar-refractivity contribution in [2.75, 3.05) is 32.7 Å². The summed E-state index contributed by atoms with van der Waals surface area (Å²) in [6, 6.07) is 6.65. The van der Waals surface area contributed by atoms with Gasteiger partial charge in [-0.25, -0.2) is 9.38 Å². The van der Waals surface area contributed by atoms with E-state index in [0.29, 0.717) is 13.1 Å². The Morgan fingerprint density at radius 2 is 2.11 bits per heavy atom. The van der Waals surface area contributed by atoms with Crippen LogP contribution in [0.5, 0.6) is 5.75 Å². The highest BCUT2D eigenvalue weighted by atomic mass is 19.1. The molecule has 2 rings (SSSR count). The van der Waals surface area contributed by atoms with E-state index in [0.717, 1.165) is 38.4 Å². The third-order valence-corrected chi connectivity index (χ3v) is 4.32. The van der Waals surface area contributed by atoms with Crippen LogP contribution in [0.1, 0.15) is 26.7 Å². The maximum absolute atomic E-state index is 13.7. The lowest BCUT2D eigenvalue weighted by atomic mass is 10.1. The molecule has 1 aromatic carbocycles. The number of nitrogens with zero attached hydrogens (tertiary/aromatic N) is 2. The van der Waals surface area contributed by atoms with Gasteiger partial charge in [-0.1, -0.05) is 12.1 Å². The average Bonchev–Trinajstić information content (AvgIpc) is 2.63. The van der Waals surface area contributed by atoms with Gasteiger partial charge in [0.25, 0.3) is 0 Å². The van der Waals surface area contributed by atoms with Crippen LogP contribution in [0, 0.1) is 5.82 Å². The van der Waals surface area contributed by atoms with E-state index >= 15 is 0 Å². The highest BCUT2D eigenvalue weighted by Gasteiger charge is 2.21. The van der Waals surface area contributed by atoms with Crippen molar-refractivity contribution in [3.05, 3.63) is 30.1 Å². The number of carbonyl (C=O) groups excluding carboxylic acids is 1. The van der Waals surface area contributed by atoms with Crippen LogP contribution in [0.3, 0.4) is 0 Å². The van der Waals surface area contributed by atoms with Crippen molar-refractivity contribution in [1.29, 1.82) is 0 Å². The number of halogens is 1. The number of amides is 1. The first kappa shape index (κ1) is 21.0. The van der Waals surface area contributed by atoms with Crippen molar-refractivity contribution >= 4 is 11.9 Å². The molecule has 0 aliphatic carbocycles. The van der Waals surface area contributed by atoms with Crippen LogP contribution in [0.25, 0.3) is 0 Å². The van der Waals surface area contributed by atoms with Gasteiger partial charge in [-0.05, 0) is 38.8 Å². The number of nitrogens with one attached hydrogen (secondary N) is 2. The fourth-order valence-corrected chi connectivity index (χ4v) is 2.98. The molecule has 27 heavy (non-hydrogen) atoms. The first-order chi connectivity index (χ1) is 13.0. The van der Waals surface area contributed by atoms with Gasteiger partial charge in [-0.15, -0.1) is 0 Å². The van der Waals surface area contributed by atoms with Gasteiger partial charge in [-0.2, -0.15) is 0 Å². The van der Waals surface area contributed by atoms with Crippen molar-refractivity contribution in [3.8, 4) is 5.75 Å². The van der Waals surface area contributed by atoms with Crippen LogP contribution in [0.4, 0.5) is 4.39 Å². The molecule has 1 unspecified atom stereocenters. The average molecular weight is 379 g/mol. The summed E-state index contributed by atoms with van der Waals surface area (Å²) in [7, 11) is 0. The van der Waals surface area contributed by atoms with Crippen LogP contribution in [-0.2, 0) is 4.79 Å². The lowest BCUT2D eigenvalue weighted by molar-refractivity contribution is -0.119. The van der Waals surface area contributed by atoms with E-state index in [4.69, 9.17) is 10.5 Å². The van der Waals surface area contributed by atoms with Crippen molar-refractivity contribution in [3.63, 3.8) is 0 Å². The number of nitrogens with two attached hydrogens (primary N) is 1. The summed E-state index contributed by atoms with van der Waals surface area (Å²) < 4.78 is 19.3. The summed E-state index contributed by atoms with van der Waals surface area (Å²) in [6.07, 6.45) is 1.58. The predicted molar refractivity (Wildman–Crippen MR) is 104 cm³/mol. The Hall–Kier alpha value is -2.35. The van der Waals surface area contributed by atoms with E-state index in [1.54, 1.807) is 18.2 Å². The minimum absolute atomic E-state index is 0.236. The molecule has 0 aromatic heterocycles. The molecule has 0 spiro atoms. The Morgan fingerprint density at radius 1 is 1.41 bits per heavy atom. The molecule has 0 radical (unpaired) electrons. The molecule has 4 N–H and O–H groups in total. The second-order valence-electron chi connectivity index (χ2n) is 6.74. The number of piperidine rings is 1. The SMILES string of the molecule is CCNC(=NCC(C)Oc1ccccc1F)NC1CCN(CC(N)=O)CC1. The molecule has 1 atom stereocenters. The number of primary amides is 1. The maximum atomic E-state index is 13.7. The van der Waals surface area contributed by atoms with Crippen molar-refractivity contribution < 1.29 is 13.9 Å². The molecule has 1 aromatic rings. The number of carbonyl (C=O) groups is 1. The fourth-order valence-electron chi connectivity index (χ4n) is 2.98. The van der Waals surface area contributed by atoms with Gasteiger partial charge in [0.05, 0.1) is 13.1 Å². The normalized spacial score (nSPS) is 17.4. The molecule has 8 heteroatoms. The number of benzene rings is 1. The smallest absolute Gasteiger partial charge is 0.231 e. The van der Waals surface area contributed by atoms with E-state index in [2.05, 4.69) is 20.5 Å². The second kappa shape index (κ2) is 10.7. The zero-order chi connectivity index (χ0) is 19.6. The zero-order valence-electron chi connectivity index (χ0n) is 16.1. The maximum Gasteiger partial charge on any atom is 0.231 e. The second-order valence-corrected chi connectivity index (χ2v) is 6.74. The van der Waals surface area contributed by atoms with E-state index < -0.39 is 0 Å². The van der Waals surface area contributed by atoms with Gasteiger partial charge >= 0.3 is 0 Å². The number of aliphatic imine (C=N–C) groups is 1. The summed E-state index contributed by atoms with van der Waals surface area (Å²) in [6.45, 7) is 6.98. The molecular weight excluding hydrogens is 349 g/mol. The lowest BCUT2D eigenvalue weighted by Gasteiger charge is -2.32. The molecule has 1 amide bonds. The Bertz CT molecular complexity index is 632. The van der Waals surface area contributed by atoms with Gasteiger partial charge in [-0.3, -0.25) is 9.69 Å². The van der Waals surface area contributed by atoms with Gasteiger partial charge < -0.3 is 21.1 Å². The molecular formula is C19H30FN5O2. The summed E-state index contributed by atoms with van der Waals surface area (Å²) in [5.74, 6) is 0.288. The van der Waals surface area contributed by atoms with Crippen LogP contribution in [-0.4, -0.2) is 61.6 Å². The van der Waals surface area contributed by atoms with Gasteiger partial charge in [0.15, 0.2) is 17.5 Å². The van der Waals surface area contributed by atoms with Crippen LogP contribution in [0.15, 0.2) is 29.3 Å². The monoisotopic (exact) mass is 379 g/mol. The topological polar surface area (TPSA) is 92.0 Å². The highest BCUT2D eigenvalue weighted by molar-refractivity contribution is 5.80. The molecule has 7 nitrogen and oxygen atoms in total. The summed E-state index contributed by atoms with van der Waals surface area (Å²) >= 11 is 0. The lowest BCUT2D eigenvalue weighted by Crippen LogP contribution is -2.50. The van der Waals surface area contributed by atoms with Crippen molar-refractivity contribution in [2.45, 2.75) is 38.8 Å². The summed E-state index contributed by atoms with van der Waals surface area (Å²) in [4.78, 5) is 17.6. The number of ether oxygens (including phenoxy) is 1. The molecule has 0 saturated carbocycles.